The van der Waals surface area contributed by atoms with Crippen molar-refractivity contribution < 1.29 is 22.1 Å². The van der Waals surface area contributed by atoms with E-state index >= 15 is 0 Å². The molecule has 1 nitrogen and oxygen atoms in total. The second-order valence-electron chi connectivity index (χ2n) is 6.56. The van der Waals surface area contributed by atoms with Crippen molar-refractivity contribution in [1.82, 2.24) is 0 Å². The number of rotatable bonds is 5. The Morgan fingerprint density at radius 2 is 1.52 bits per heavy atom. The van der Waals surface area contributed by atoms with E-state index in [0.717, 1.165) is 11.1 Å². The van der Waals surface area contributed by atoms with Crippen LogP contribution in [0.4, 0.5) is 0 Å². The molecule has 0 bridgehead atoms. The monoisotopic (exact) mass is 417 g/mol. The third-order valence-electron chi connectivity index (χ3n) is 3.89. The maximum absolute atomic E-state index is 9.93. The molecule has 1 aromatic carbocycles. The maximum atomic E-state index is 9.93. The van der Waals surface area contributed by atoms with E-state index in [9.17, 15) is 5.11 Å². The van der Waals surface area contributed by atoms with Crippen molar-refractivity contribution in [3.8, 4) is 5.75 Å². The van der Waals surface area contributed by atoms with Gasteiger partial charge in [-0.3, -0.25) is 0 Å². The summed E-state index contributed by atoms with van der Waals surface area (Å²) in [5.41, 5.74) is 3.58. The zero-order valence-electron chi connectivity index (χ0n) is 16.0. The molecule has 2 rings (SSSR count). The normalized spacial score (nSPS) is 12.3. The molecule has 0 unspecified atom stereocenters. The Balaban J connectivity index is 0.000000417. The Bertz CT molecular complexity index is 510. The number of para-hydroxylation sites is 1. The molecule has 0 atom stereocenters. The molecule has 1 aliphatic carbocycles. The van der Waals surface area contributed by atoms with Crippen LogP contribution in [0.1, 0.15) is 76.8 Å². The molecule has 139 valence electrons. The summed E-state index contributed by atoms with van der Waals surface area (Å²) in [4.78, 5) is 0. The molecule has 1 N–H and O–H groups in total. The van der Waals surface area contributed by atoms with E-state index in [2.05, 4.69) is 59.3 Å². The predicted molar refractivity (Wildman–Crippen MR) is 109 cm³/mol. The molecular formula is C21H31Cl2OTi. The number of aromatic hydroxyl groups is 1. The standard InChI is InChI=1S/C12H18O.C9H13.2ClH.Ti/c1-8(2)10-6-5-7-11(9(3)4)12(10)13;1-2-3-6-9-7-4-5-8-9;;;/h5-9,13H,1-4H3;4-5,7-8H,2-3,6H2,1H3;2*1H;/q;;;;+2/p-2. The molecule has 0 heterocycles. The first-order chi connectivity index (χ1) is 11.9. The van der Waals surface area contributed by atoms with Gasteiger partial charge >= 0.3 is 35.6 Å². The number of benzene rings is 1. The Kier molecular flexibility index (Phi) is 14.8. The van der Waals surface area contributed by atoms with Crippen LogP contribution in [-0.4, -0.2) is 5.11 Å². The number of phenols is 1. The molecular weight excluding hydrogens is 387 g/mol. The summed E-state index contributed by atoms with van der Waals surface area (Å²) in [7, 11) is 9.78. The SMILES string of the molecule is CC(C)c1cccc(C(C)C)c1O.CCCCC1=CC=C[CH]1.[Cl][Ti][Cl]. The molecule has 0 spiro atoms. The van der Waals surface area contributed by atoms with E-state index in [1.54, 1.807) is 0 Å². The van der Waals surface area contributed by atoms with Crippen LogP contribution in [0.5, 0.6) is 5.75 Å². The fourth-order valence-corrected chi connectivity index (χ4v) is 2.47. The zero-order valence-corrected chi connectivity index (χ0v) is 19.1. The average molecular weight is 418 g/mol. The quantitative estimate of drug-likeness (QED) is 0.482. The van der Waals surface area contributed by atoms with Crippen molar-refractivity contribution in [2.24, 2.45) is 0 Å². The van der Waals surface area contributed by atoms with Gasteiger partial charge in [-0.05, 0) is 35.8 Å². The van der Waals surface area contributed by atoms with E-state index in [0.29, 0.717) is 17.6 Å². The number of phenolic OH excluding ortho intramolecular Hbond substituents is 1. The number of halogens is 2. The summed E-state index contributed by atoms with van der Waals surface area (Å²) in [6.07, 6.45) is 12.5. The van der Waals surface area contributed by atoms with Crippen LogP contribution in [-0.2, 0) is 17.0 Å². The summed E-state index contributed by atoms with van der Waals surface area (Å²) in [5.74, 6) is 1.25. The Morgan fingerprint density at radius 3 is 1.88 bits per heavy atom. The van der Waals surface area contributed by atoms with Gasteiger partial charge in [0, 0.05) is 6.42 Å². The first-order valence-electron chi connectivity index (χ1n) is 8.87. The van der Waals surface area contributed by atoms with Gasteiger partial charge in [0.15, 0.2) is 0 Å². The van der Waals surface area contributed by atoms with Gasteiger partial charge in [0.05, 0.1) is 0 Å². The second kappa shape index (κ2) is 14.9. The van der Waals surface area contributed by atoms with E-state index < -0.39 is 17.0 Å². The Morgan fingerprint density at radius 1 is 1.00 bits per heavy atom. The first kappa shape index (κ1) is 24.8. The number of hydrogen-bond acceptors (Lipinski definition) is 1. The van der Waals surface area contributed by atoms with Gasteiger partial charge in [0.2, 0.25) is 0 Å². The van der Waals surface area contributed by atoms with Gasteiger partial charge in [-0.2, -0.15) is 0 Å². The first-order valence-corrected chi connectivity index (χ1v) is 13.2. The molecule has 0 aromatic heterocycles. The fourth-order valence-electron chi connectivity index (χ4n) is 2.47. The summed E-state index contributed by atoms with van der Waals surface area (Å²) in [5, 5.41) is 9.93. The third-order valence-corrected chi connectivity index (χ3v) is 3.89. The average Bonchev–Trinajstić information content (AvgIpc) is 3.07. The molecule has 1 aliphatic rings. The Hall–Kier alpha value is -0.206. The molecule has 0 aliphatic heterocycles. The Labute approximate surface area is 171 Å². The third kappa shape index (κ3) is 10.5. The molecule has 1 radical (unpaired) electrons. The zero-order chi connectivity index (χ0) is 19.2. The van der Waals surface area contributed by atoms with Crippen molar-refractivity contribution in [3.05, 3.63) is 59.5 Å². The summed E-state index contributed by atoms with van der Waals surface area (Å²) < 4.78 is 0. The topological polar surface area (TPSA) is 20.2 Å². The van der Waals surface area contributed by atoms with Gasteiger partial charge in [-0.15, -0.1) is 0 Å². The van der Waals surface area contributed by atoms with Crippen molar-refractivity contribution >= 4 is 18.6 Å². The van der Waals surface area contributed by atoms with Gasteiger partial charge < -0.3 is 5.11 Å². The summed E-state index contributed by atoms with van der Waals surface area (Å²) in [6.45, 7) is 10.6. The van der Waals surface area contributed by atoms with Crippen molar-refractivity contribution in [2.75, 3.05) is 0 Å². The van der Waals surface area contributed by atoms with Crippen LogP contribution in [0.15, 0.2) is 42.0 Å². The predicted octanol–water partition coefficient (Wildman–Crippen LogP) is 7.89. The van der Waals surface area contributed by atoms with Crippen molar-refractivity contribution in [1.29, 1.82) is 0 Å². The van der Waals surface area contributed by atoms with Crippen molar-refractivity contribution in [2.45, 2.75) is 65.7 Å². The summed E-state index contributed by atoms with van der Waals surface area (Å²) in [6, 6.07) is 6.00. The van der Waals surface area contributed by atoms with Gasteiger partial charge in [-0.1, -0.05) is 83.0 Å². The van der Waals surface area contributed by atoms with Crippen LogP contribution < -0.4 is 0 Å². The van der Waals surface area contributed by atoms with Crippen LogP contribution in [0.2, 0.25) is 0 Å². The van der Waals surface area contributed by atoms with Crippen LogP contribution in [0.25, 0.3) is 0 Å². The molecule has 1 aromatic rings. The molecule has 25 heavy (non-hydrogen) atoms. The van der Waals surface area contributed by atoms with E-state index in [-0.39, 0.29) is 0 Å². The minimum atomic E-state index is -0.556. The van der Waals surface area contributed by atoms with Crippen LogP contribution in [0.3, 0.4) is 0 Å². The minimum absolute atomic E-state index is 0.388. The molecule has 0 saturated heterocycles. The van der Waals surface area contributed by atoms with Crippen LogP contribution >= 0.6 is 18.6 Å². The van der Waals surface area contributed by atoms with Gasteiger partial charge in [0.1, 0.15) is 5.75 Å². The van der Waals surface area contributed by atoms with E-state index in [4.69, 9.17) is 18.6 Å². The number of unbranched alkanes of at least 4 members (excludes halogenated alkanes) is 1. The molecule has 4 heteroatoms. The summed E-state index contributed by atoms with van der Waals surface area (Å²) >= 11 is -0.556. The van der Waals surface area contributed by atoms with Gasteiger partial charge in [0.25, 0.3) is 0 Å². The number of hydrogen-bond donors (Lipinski definition) is 1. The van der Waals surface area contributed by atoms with E-state index in [1.807, 2.05) is 18.2 Å². The van der Waals surface area contributed by atoms with Crippen LogP contribution in [0, 0.1) is 6.42 Å². The molecule has 0 saturated carbocycles. The molecule has 0 amide bonds. The van der Waals surface area contributed by atoms with E-state index in [1.165, 1.54) is 24.8 Å². The fraction of sp³-hybridized carbons (Fsp3) is 0.476. The second-order valence-corrected chi connectivity index (χ2v) is 9.14. The molecule has 0 fully saturated rings. The number of allylic oxidation sites excluding steroid dienone is 4. The van der Waals surface area contributed by atoms with Gasteiger partial charge in [-0.25, -0.2) is 0 Å². The van der Waals surface area contributed by atoms with Crippen molar-refractivity contribution in [3.63, 3.8) is 0 Å².